The number of morpholine rings is 1. The van der Waals surface area contributed by atoms with Gasteiger partial charge in [-0.15, -0.1) is 0 Å². The predicted molar refractivity (Wildman–Crippen MR) is 74.3 cm³/mol. The van der Waals surface area contributed by atoms with E-state index >= 15 is 0 Å². The Labute approximate surface area is 119 Å². The second kappa shape index (κ2) is 4.53. The maximum Gasteiger partial charge on any atom is 0.283 e. The van der Waals surface area contributed by atoms with Gasteiger partial charge >= 0.3 is 0 Å². The van der Waals surface area contributed by atoms with Crippen LogP contribution in [-0.2, 0) is 14.9 Å². The normalized spacial score (nSPS) is 30.6. The molecule has 0 amide bonds. The van der Waals surface area contributed by atoms with E-state index in [1.165, 1.54) is 11.1 Å². The average Bonchev–Trinajstić information content (AvgIpc) is 3.06. The van der Waals surface area contributed by atoms with Crippen LogP contribution in [0.25, 0.3) is 0 Å². The molecule has 6 heteroatoms. The minimum Gasteiger partial charge on any atom is -0.379 e. The number of hydrogen-bond acceptors (Lipinski definition) is 3. The van der Waals surface area contributed by atoms with Crippen molar-refractivity contribution in [1.29, 1.82) is 0 Å². The zero-order chi connectivity index (χ0) is 13.7. The summed E-state index contributed by atoms with van der Waals surface area (Å²) in [6, 6.07) is 8.20. The van der Waals surface area contributed by atoms with E-state index in [0.717, 1.165) is 12.8 Å². The standard InChI is InChI=1S/C14H18N2O3S/c17-20(18,15-7-9-19-10-8-15)16-13-5-6-14(16)12-4-2-1-3-11(12)13/h1-4,13-14H,5-10H2. The van der Waals surface area contributed by atoms with Crippen molar-refractivity contribution in [3.63, 3.8) is 0 Å². The fourth-order valence-corrected chi connectivity index (χ4v) is 5.68. The van der Waals surface area contributed by atoms with Crippen LogP contribution in [0.1, 0.15) is 36.1 Å². The summed E-state index contributed by atoms with van der Waals surface area (Å²) in [6.45, 7) is 1.92. The van der Waals surface area contributed by atoms with Gasteiger partial charge in [-0.3, -0.25) is 0 Å². The van der Waals surface area contributed by atoms with Gasteiger partial charge in [0.1, 0.15) is 0 Å². The molecule has 2 fully saturated rings. The number of ether oxygens (including phenoxy) is 1. The Hall–Kier alpha value is -0.950. The summed E-state index contributed by atoms with van der Waals surface area (Å²) >= 11 is 0. The fourth-order valence-electron chi connectivity index (χ4n) is 3.72. The van der Waals surface area contributed by atoms with E-state index in [1.807, 2.05) is 12.1 Å². The second-order valence-electron chi connectivity index (χ2n) is 5.59. The highest BCUT2D eigenvalue weighted by molar-refractivity contribution is 7.86. The first-order valence-corrected chi connectivity index (χ1v) is 8.54. The van der Waals surface area contributed by atoms with Crippen LogP contribution in [0, 0.1) is 0 Å². The molecule has 0 spiro atoms. The molecule has 2 atom stereocenters. The van der Waals surface area contributed by atoms with Crippen molar-refractivity contribution in [2.75, 3.05) is 26.3 Å². The van der Waals surface area contributed by atoms with E-state index in [-0.39, 0.29) is 12.1 Å². The van der Waals surface area contributed by atoms with Gasteiger partial charge in [0.25, 0.3) is 10.2 Å². The van der Waals surface area contributed by atoms with Crippen molar-refractivity contribution in [2.24, 2.45) is 0 Å². The third-order valence-corrected chi connectivity index (χ3v) is 6.66. The Balaban J connectivity index is 1.71. The lowest BCUT2D eigenvalue weighted by Crippen LogP contribution is -2.47. The zero-order valence-electron chi connectivity index (χ0n) is 11.2. The molecule has 0 radical (unpaired) electrons. The number of benzene rings is 1. The quantitative estimate of drug-likeness (QED) is 0.829. The highest BCUT2D eigenvalue weighted by atomic mass is 32.2. The van der Waals surface area contributed by atoms with E-state index in [1.54, 1.807) is 8.61 Å². The second-order valence-corrected chi connectivity index (χ2v) is 7.42. The smallest absolute Gasteiger partial charge is 0.283 e. The Morgan fingerprint density at radius 1 is 1.00 bits per heavy atom. The SMILES string of the molecule is O=S(=O)(N1CCOCC1)N1C2CCC1c1ccccc12. The van der Waals surface area contributed by atoms with Gasteiger partial charge in [0.15, 0.2) is 0 Å². The van der Waals surface area contributed by atoms with Gasteiger partial charge in [-0.1, -0.05) is 24.3 Å². The van der Waals surface area contributed by atoms with E-state index in [9.17, 15) is 8.42 Å². The summed E-state index contributed by atoms with van der Waals surface area (Å²) < 4.78 is 34.4. The molecule has 2 unspecified atom stereocenters. The summed E-state index contributed by atoms with van der Waals surface area (Å²) in [4.78, 5) is 0. The molecule has 0 N–H and O–H groups in total. The third-order valence-electron chi connectivity index (χ3n) is 4.60. The molecule has 3 aliphatic rings. The van der Waals surface area contributed by atoms with Crippen LogP contribution in [0.5, 0.6) is 0 Å². The van der Waals surface area contributed by atoms with Crippen molar-refractivity contribution in [2.45, 2.75) is 24.9 Å². The largest absolute Gasteiger partial charge is 0.379 e. The van der Waals surface area contributed by atoms with Gasteiger partial charge in [-0.05, 0) is 24.0 Å². The van der Waals surface area contributed by atoms with Crippen molar-refractivity contribution >= 4 is 10.2 Å². The lowest BCUT2D eigenvalue weighted by atomic mass is 9.92. The Kier molecular flexibility index (Phi) is 2.89. The highest BCUT2D eigenvalue weighted by Crippen LogP contribution is 2.54. The minimum atomic E-state index is -3.38. The molecule has 3 heterocycles. The number of rotatable bonds is 2. The maximum absolute atomic E-state index is 12.9. The fraction of sp³-hybridized carbons (Fsp3) is 0.571. The Morgan fingerprint density at radius 3 is 2.10 bits per heavy atom. The molecule has 2 bridgehead atoms. The molecule has 0 aliphatic carbocycles. The molecule has 3 aliphatic heterocycles. The molecule has 1 aromatic carbocycles. The van der Waals surface area contributed by atoms with E-state index in [4.69, 9.17) is 4.74 Å². The number of nitrogens with zero attached hydrogens (tertiary/aromatic N) is 2. The summed E-state index contributed by atoms with van der Waals surface area (Å²) in [5.41, 5.74) is 2.39. The van der Waals surface area contributed by atoms with Crippen LogP contribution in [0.4, 0.5) is 0 Å². The summed E-state index contributed by atoms with van der Waals surface area (Å²) in [5.74, 6) is 0. The van der Waals surface area contributed by atoms with E-state index < -0.39 is 10.2 Å². The lowest BCUT2D eigenvalue weighted by Gasteiger charge is -2.32. The van der Waals surface area contributed by atoms with Crippen LogP contribution in [-0.4, -0.2) is 43.3 Å². The molecule has 2 saturated heterocycles. The molecule has 4 rings (SSSR count). The molecule has 108 valence electrons. The van der Waals surface area contributed by atoms with E-state index in [0.29, 0.717) is 26.3 Å². The Morgan fingerprint density at radius 2 is 1.55 bits per heavy atom. The molecular weight excluding hydrogens is 276 g/mol. The van der Waals surface area contributed by atoms with Gasteiger partial charge in [0, 0.05) is 13.1 Å². The molecule has 1 aromatic rings. The molecule has 20 heavy (non-hydrogen) atoms. The zero-order valence-corrected chi connectivity index (χ0v) is 12.1. The summed E-state index contributed by atoms with van der Waals surface area (Å²) in [6.07, 6.45) is 1.87. The first-order valence-electron chi connectivity index (χ1n) is 7.15. The first kappa shape index (κ1) is 12.8. The number of hydrogen-bond donors (Lipinski definition) is 0. The monoisotopic (exact) mass is 294 g/mol. The van der Waals surface area contributed by atoms with Gasteiger partial charge in [0.2, 0.25) is 0 Å². The van der Waals surface area contributed by atoms with Crippen LogP contribution in [0.15, 0.2) is 24.3 Å². The van der Waals surface area contributed by atoms with E-state index in [2.05, 4.69) is 12.1 Å². The van der Waals surface area contributed by atoms with Gasteiger partial charge in [-0.25, -0.2) is 0 Å². The van der Waals surface area contributed by atoms with Crippen molar-refractivity contribution in [1.82, 2.24) is 8.61 Å². The predicted octanol–water partition coefficient (Wildman–Crippen LogP) is 1.46. The van der Waals surface area contributed by atoms with Gasteiger partial charge in [0.05, 0.1) is 25.3 Å². The van der Waals surface area contributed by atoms with Crippen LogP contribution < -0.4 is 0 Å². The van der Waals surface area contributed by atoms with Gasteiger partial charge in [-0.2, -0.15) is 17.0 Å². The van der Waals surface area contributed by atoms with Crippen molar-refractivity contribution in [3.8, 4) is 0 Å². The van der Waals surface area contributed by atoms with Crippen LogP contribution >= 0.6 is 0 Å². The lowest BCUT2D eigenvalue weighted by molar-refractivity contribution is 0.0694. The van der Waals surface area contributed by atoms with Gasteiger partial charge < -0.3 is 4.74 Å². The maximum atomic E-state index is 12.9. The summed E-state index contributed by atoms with van der Waals surface area (Å²) in [7, 11) is -3.38. The Bertz CT molecular complexity index is 594. The highest BCUT2D eigenvalue weighted by Gasteiger charge is 2.51. The number of fused-ring (bicyclic) bond motifs is 5. The summed E-state index contributed by atoms with van der Waals surface area (Å²) in [5, 5.41) is 0. The average molecular weight is 294 g/mol. The van der Waals surface area contributed by atoms with Crippen molar-refractivity contribution in [3.05, 3.63) is 35.4 Å². The minimum absolute atomic E-state index is 0.0315. The van der Waals surface area contributed by atoms with Crippen LogP contribution in [0.2, 0.25) is 0 Å². The molecule has 5 nitrogen and oxygen atoms in total. The molecular formula is C14H18N2O3S. The molecule has 0 aromatic heterocycles. The first-order chi connectivity index (χ1) is 9.69. The topological polar surface area (TPSA) is 49.9 Å². The van der Waals surface area contributed by atoms with Crippen molar-refractivity contribution < 1.29 is 13.2 Å². The third kappa shape index (κ3) is 1.69. The molecule has 0 saturated carbocycles. The van der Waals surface area contributed by atoms with Crippen LogP contribution in [0.3, 0.4) is 0 Å².